The number of hydrogen-bond donors (Lipinski definition) is 0. The molecular formula is C23H20N2S2. The molecule has 0 atom stereocenters. The van der Waals surface area contributed by atoms with Gasteiger partial charge in [-0.3, -0.25) is 4.98 Å². The summed E-state index contributed by atoms with van der Waals surface area (Å²) in [5.74, 6) is 0. The minimum Gasteiger partial charge on any atom is -0.265 e. The average molecular weight is 389 g/mol. The van der Waals surface area contributed by atoms with Crippen LogP contribution in [0.5, 0.6) is 0 Å². The zero-order valence-corrected chi connectivity index (χ0v) is 17.2. The van der Waals surface area contributed by atoms with E-state index in [4.69, 9.17) is 4.98 Å². The molecule has 0 radical (unpaired) electrons. The topological polar surface area (TPSA) is 25.8 Å². The second-order valence-electron chi connectivity index (χ2n) is 6.46. The van der Waals surface area contributed by atoms with E-state index in [1.807, 2.05) is 12.4 Å². The summed E-state index contributed by atoms with van der Waals surface area (Å²) < 4.78 is 0. The van der Waals surface area contributed by atoms with Crippen molar-refractivity contribution in [2.24, 2.45) is 0 Å². The zero-order chi connectivity index (χ0) is 18.8. The highest BCUT2D eigenvalue weighted by Gasteiger charge is 2.16. The fraction of sp³-hybridized carbons (Fsp3) is 0.130. The third-order valence-electron chi connectivity index (χ3n) is 4.69. The van der Waals surface area contributed by atoms with Gasteiger partial charge in [-0.1, -0.05) is 24.3 Å². The van der Waals surface area contributed by atoms with Gasteiger partial charge in [-0.2, -0.15) is 0 Å². The number of thioether (sulfide) groups is 1. The van der Waals surface area contributed by atoms with E-state index in [0.717, 1.165) is 27.4 Å². The molecule has 0 saturated heterocycles. The van der Waals surface area contributed by atoms with Gasteiger partial charge in [0.25, 0.3) is 0 Å². The summed E-state index contributed by atoms with van der Waals surface area (Å²) in [7, 11) is 0. The quantitative estimate of drug-likeness (QED) is 0.356. The van der Waals surface area contributed by atoms with Crippen LogP contribution in [-0.4, -0.2) is 16.2 Å². The molecule has 4 rings (SSSR count). The summed E-state index contributed by atoms with van der Waals surface area (Å²) in [5, 5.41) is 1.04. The van der Waals surface area contributed by atoms with Gasteiger partial charge < -0.3 is 0 Å². The van der Waals surface area contributed by atoms with E-state index in [2.05, 4.69) is 79.7 Å². The van der Waals surface area contributed by atoms with Gasteiger partial charge in [-0.25, -0.2) is 4.98 Å². The van der Waals surface area contributed by atoms with Crippen molar-refractivity contribution in [2.45, 2.75) is 18.7 Å². The summed E-state index contributed by atoms with van der Waals surface area (Å²) in [6.45, 7) is 4.29. The lowest BCUT2D eigenvalue weighted by molar-refractivity contribution is 1.32. The zero-order valence-electron chi connectivity index (χ0n) is 15.6. The maximum absolute atomic E-state index is 5.04. The SMILES string of the molecule is CSc1ccc(-c2nc(-c3ccc(C)c(C)c3)c(-c3ccncc3)s2)cc1. The van der Waals surface area contributed by atoms with Crippen LogP contribution in [-0.2, 0) is 0 Å². The van der Waals surface area contributed by atoms with Crippen LogP contribution in [0.15, 0.2) is 71.9 Å². The molecule has 27 heavy (non-hydrogen) atoms. The number of nitrogens with zero attached hydrogens (tertiary/aromatic N) is 2. The number of aryl methyl sites for hydroxylation is 2. The summed E-state index contributed by atoms with van der Waals surface area (Å²) >= 11 is 3.49. The monoisotopic (exact) mass is 388 g/mol. The van der Waals surface area contributed by atoms with E-state index in [-0.39, 0.29) is 0 Å². The van der Waals surface area contributed by atoms with E-state index < -0.39 is 0 Å². The number of pyridine rings is 1. The lowest BCUT2D eigenvalue weighted by Crippen LogP contribution is -1.86. The van der Waals surface area contributed by atoms with Gasteiger partial charge in [0.2, 0.25) is 0 Å². The Morgan fingerprint density at radius 2 is 1.48 bits per heavy atom. The van der Waals surface area contributed by atoms with Crippen molar-refractivity contribution >= 4 is 23.1 Å². The van der Waals surface area contributed by atoms with E-state index in [1.165, 1.54) is 20.9 Å². The Hall–Kier alpha value is -2.43. The molecule has 2 aromatic carbocycles. The van der Waals surface area contributed by atoms with Gasteiger partial charge in [-0.05, 0) is 67.1 Å². The molecule has 0 saturated carbocycles. The first-order valence-corrected chi connectivity index (χ1v) is 10.8. The standard InChI is InChI=1S/C23H20N2S2/c1-15-4-5-19(14-16(15)2)21-22(17-10-12-24-13-11-17)27-23(25-21)18-6-8-20(26-3)9-7-18/h4-14H,1-3H3. The maximum atomic E-state index is 5.04. The fourth-order valence-corrected chi connectivity index (χ4v) is 4.47. The minimum absolute atomic E-state index is 1.04. The van der Waals surface area contributed by atoms with Crippen LogP contribution in [0.1, 0.15) is 11.1 Å². The van der Waals surface area contributed by atoms with Crippen LogP contribution in [0.2, 0.25) is 0 Å². The molecule has 0 unspecified atom stereocenters. The van der Waals surface area contributed by atoms with E-state index in [1.54, 1.807) is 23.1 Å². The molecule has 0 spiro atoms. The molecule has 2 aromatic heterocycles. The van der Waals surface area contributed by atoms with Crippen LogP contribution >= 0.6 is 23.1 Å². The molecule has 0 amide bonds. The Balaban J connectivity index is 1.87. The van der Waals surface area contributed by atoms with Gasteiger partial charge in [0.05, 0.1) is 10.6 Å². The minimum atomic E-state index is 1.04. The van der Waals surface area contributed by atoms with Crippen molar-refractivity contribution in [2.75, 3.05) is 6.26 Å². The van der Waals surface area contributed by atoms with Gasteiger partial charge >= 0.3 is 0 Å². The molecule has 134 valence electrons. The highest BCUT2D eigenvalue weighted by molar-refractivity contribution is 7.98. The first-order valence-electron chi connectivity index (χ1n) is 8.79. The van der Waals surface area contributed by atoms with Crippen molar-refractivity contribution in [1.82, 2.24) is 9.97 Å². The second kappa shape index (κ2) is 7.67. The first-order chi connectivity index (χ1) is 13.2. The number of aromatic nitrogens is 2. The fourth-order valence-electron chi connectivity index (χ4n) is 2.96. The molecule has 0 aliphatic carbocycles. The number of benzene rings is 2. The van der Waals surface area contributed by atoms with Crippen LogP contribution < -0.4 is 0 Å². The summed E-state index contributed by atoms with van der Waals surface area (Å²) in [6.07, 6.45) is 5.77. The summed E-state index contributed by atoms with van der Waals surface area (Å²) in [5.41, 5.74) is 7.09. The molecule has 0 aliphatic rings. The lowest BCUT2D eigenvalue weighted by Gasteiger charge is -2.05. The Kier molecular flexibility index (Phi) is 5.10. The molecule has 0 N–H and O–H groups in total. The van der Waals surface area contributed by atoms with Gasteiger partial charge in [0.1, 0.15) is 5.01 Å². The molecular weight excluding hydrogens is 368 g/mol. The number of hydrogen-bond acceptors (Lipinski definition) is 4. The van der Waals surface area contributed by atoms with Crippen LogP contribution in [0.4, 0.5) is 0 Å². The second-order valence-corrected chi connectivity index (χ2v) is 8.34. The van der Waals surface area contributed by atoms with Crippen LogP contribution in [0.3, 0.4) is 0 Å². The predicted molar refractivity (Wildman–Crippen MR) is 117 cm³/mol. The molecule has 2 nitrogen and oxygen atoms in total. The highest BCUT2D eigenvalue weighted by atomic mass is 32.2. The van der Waals surface area contributed by atoms with Crippen LogP contribution in [0.25, 0.3) is 32.3 Å². The Morgan fingerprint density at radius 1 is 0.778 bits per heavy atom. The predicted octanol–water partition coefficient (Wildman–Crippen LogP) is 6.88. The Labute approximate surface area is 168 Å². The smallest absolute Gasteiger partial charge is 0.124 e. The van der Waals surface area contributed by atoms with E-state index in [0.29, 0.717) is 0 Å². The number of rotatable bonds is 4. The van der Waals surface area contributed by atoms with Gasteiger partial charge in [-0.15, -0.1) is 23.1 Å². The summed E-state index contributed by atoms with van der Waals surface area (Å²) in [6, 6.07) is 19.3. The Bertz CT molecular complexity index is 1070. The highest BCUT2D eigenvalue weighted by Crippen LogP contribution is 2.41. The molecule has 4 aromatic rings. The molecule has 0 fully saturated rings. The van der Waals surface area contributed by atoms with Crippen molar-refractivity contribution in [3.63, 3.8) is 0 Å². The third-order valence-corrected chi connectivity index (χ3v) is 6.58. The largest absolute Gasteiger partial charge is 0.265 e. The van der Waals surface area contributed by atoms with Crippen LogP contribution in [0, 0.1) is 13.8 Å². The van der Waals surface area contributed by atoms with Crippen molar-refractivity contribution in [3.05, 3.63) is 78.1 Å². The normalized spacial score (nSPS) is 10.9. The summed E-state index contributed by atoms with van der Waals surface area (Å²) in [4.78, 5) is 11.7. The van der Waals surface area contributed by atoms with Gasteiger partial charge in [0.15, 0.2) is 0 Å². The third kappa shape index (κ3) is 3.68. The molecule has 4 heteroatoms. The maximum Gasteiger partial charge on any atom is 0.124 e. The molecule has 2 heterocycles. The lowest BCUT2D eigenvalue weighted by atomic mass is 10.0. The van der Waals surface area contributed by atoms with Crippen molar-refractivity contribution in [1.29, 1.82) is 0 Å². The van der Waals surface area contributed by atoms with Crippen molar-refractivity contribution < 1.29 is 0 Å². The van der Waals surface area contributed by atoms with Gasteiger partial charge in [0, 0.05) is 28.4 Å². The van der Waals surface area contributed by atoms with Crippen molar-refractivity contribution in [3.8, 4) is 32.3 Å². The Morgan fingerprint density at radius 3 is 2.15 bits per heavy atom. The van der Waals surface area contributed by atoms with E-state index in [9.17, 15) is 0 Å². The number of thiazole rings is 1. The average Bonchev–Trinajstić information content (AvgIpc) is 3.16. The first kappa shape index (κ1) is 18.0. The molecule has 0 bridgehead atoms. The van der Waals surface area contributed by atoms with E-state index >= 15 is 0 Å². The molecule has 0 aliphatic heterocycles.